The van der Waals surface area contributed by atoms with Crippen LogP contribution < -0.4 is 5.73 Å². The second-order valence-corrected chi connectivity index (χ2v) is 5.02. The highest BCUT2D eigenvalue weighted by Gasteiger charge is 2.02. The molecule has 1 atom stereocenters. The van der Waals surface area contributed by atoms with Crippen LogP contribution in [-0.4, -0.2) is 10.2 Å². The highest BCUT2D eigenvalue weighted by Crippen LogP contribution is 2.22. The Kier molecular flexibility index (Phi) is 3.75. The van der Waals surface area contributed by atoms with E-state index in [9.17, 15) is 0 Å². The molecular weight excluding hydrogens is 180 g/mol. The molecule has 0 spiro atoms. The lowest BCUT2D eigenvalue weighted by Crippen LogP contribution is -2.06. The van der Waals surface area contributed by atoms with Gasteiger partial charge in [0.15, 0.2) is 0 Å². The van der Waals surface area contributed by atoms with Gasteiger partial charge in [0.25, 0.3) is 0 Å². The van der Waals surface area contributed by atoms with Gasteiger partial charge in [-0.1, -0.05) is 13.8 Å². The third-order valence-corrected chi connectivity index (χ3v) is 2.58. The number of nitrogens with zero attached hydrogens (tertiary/aromatic N) is 1. The van der Waals surface area contributed by atoms with E-state index in [1.165, 1.54) is 4.90 Å². The van der Waals surface area contributed by atoms with Crippen molar-refractivity contribution in [2.45, 2.75) is 37.0 Å². The fourth-order valence-corrected chi connectivity index (χ4v) is 1.81. The predicted molar refractivity (Wildman–Crippen MR) is 57.8 cm³/mol. The number of hydrogen-bond donors (Lipinski definition) is 1. The van der Waals surface area contributed by atoms with Crippen molar-refractivity contribution >= 4 is 11.8 Å². The summed E-state index contributed by atoms with van der Waals surface area (Å²) in [6.07, 6.45) is 1.89. The number of pyridine rings is 1. The Labute approximate surface area is 83.9 Å². The molecule has 0 aliphatic heterocycles. The summed E-state index contributed by atoms with van der Waals surface area (Å²) in [5.41, 5.74) is 6.65. The Hall–Kier alpha value is -0.540. The van der Waals surface area contributed by atoms with Crippen molar-refractivity contribution in [3.8, 4) is 0 Å². The fraction of sp³-hybridized carbons (Fsp3) is 0.500. The summed E-state index contributed by atoms with van der Waals surface area (Å²) in [6, 6.07) is 4.10. The van der Waals surface area contributed by atoms with Gasteiger partial charge in [-0.3, -0.25) is 4.98 Å². The number of thioether (sulfide) groups is 1. The lowest BCUT2D eigenvalue weighted by molar-refractivity contribution is 0.777. The minimum atomic E-state index is 0.0260. The van der Waals surface area contributed by atoms with Crippen LogP contribution in [0.3, 0.4) is 0 Å². The molecule has 0 aliphatic carbocycles. The van der Waals surface area contributed by atoms with E-state index >= 15 is 0 Å². The molecule has 0 unspecified atom stereocenters. The Bertz CT molecular complexity index is 254. The highest BCUT2D eigenvalue weighted by molar-refractivity contribution is 7.99. The van der Waals surface area contributed by atoms with Gasteiger partial charge in [-0.15, -0.1) is 11.8 Å². The van der Waals surface area contributed by atoms with Gasteiger partial charge < -0.3 is 5.73 Å². The number of aromatic nitrogens is 1. The Balaban J connectivity index is 2.70. The molecule has 0 saturated carbocycles. The maximum atomic E-state index is 5.70. The molecular formula is C10H16N2S. The van der Waals surface area contributed by atoms with Crippen molar-refractivity contribution in [1.82, 2.24) is 4.98 Å². The van der Waals surface area contributed by atoms with Crippen molar-refractivity contribution in [3.05, 3.63) is 24.0 Å². The van der Waals surface area contributed by atoms with Crippen LogP contribution in [0.1, 0.15) is 32.5 Å². The van der Waals surface area contributed by atoms with Gasteiger partial charge in [0.2, 0.25) is 0 Å². The quantitative estimate of drug-likeness (QED) is 0.755. The summed E-state index contributed by atoms with van der Waals surface area (Å²) < 4.78 is 0. The minimum Gasteiger partial charge on any atom is -0.323 e. The first-order chi connectivity index (χ1) is 6.09. The lowest BCUT2D eigenvalue weighted by Gasteiger charge is -2.07. The Morgan fingerprint density at radius 2 is 2.00 bits per heavy atom. The zero-order valence-corrected chi connectivity index (χ0v) is 9.14. The van der Waals surface area contributed by atoms with Gasteiger partial charge >= 0.3 is 0 Å². The van der Waals surface area contributed by atoms with E-state index in [2.05, 4.69) is 24.9 Å². The molecule has 2 nitrogen and oxygen atoms in total. The monoisotopic (exact) mass is 196 g/mol. The molecule has 1 aromatic rings. The summed E-state index contributed by atoms with van der Waals surface area (Å²) in [4.78, 5) is 5.49. The van der Waals surface area contributed by atoms with E-state index in [4.69, 9.17) is 5.73 Å². The van der Waals surface area contributed by atoms with Crippen LogP contribution in [0, 0.1) is 0 Å². The van der Waals surface area contributed by atoms with Crippen molar-refractivity contribution in [2.24, 2.45) is 5.73 Å². The van der Waals surface area contributed by atoms with Crippen LogP contribution in [-0.2, 0) is 0 Å². The van der Waals surface area contributed by atoms with Crippen LogP contribution >= 0.6 is 11.8 Å². The van der Waals surface area contributed by atoms with E-state index < -0.39 is 0 Å². The fourth-order valence-electron chi connectivity index (χ4n) is 1.00. The minimum absolute atomic E-state index is 0.0260. The molecule has 1 aromatic heterocycles. The van der Waals surface area contributed by atoms with Crippen molar-refractivity contribution in [1.29, 1.82) is 0 Å². The zero-order chi connectivity index (χ0) is 9.84. The van der Waals surface area contributed by atoms with E-state index in [0.29, 0.717) is 5.25 Å². The molecule has 0 radical (unpaired) electrons. The van der Waals surface area contributed by atoms with E-state index in [1.54, 1.807) is 0 Å². The largest absolute Gasteiger partial charge is 0.323 e. The predicted octanol–water partition coefficient (Wildman–Crippen LogP) is 2.60. The summed E-state index contributed by atoms with van der Waals surface area (Å²) in [6.45, 7) is 6.28. The molecule has 72 valence electrons. The normalized spacial score (nSPS) is 13.3. The summed E-state index contributed by atoms with van der Waals surface area (Å²) >= 11 is 1.82. The lowest BCUT2D eigenvalue weighted by atomic mass is 10.2. The standard InChI is InChI=1S/C10H16N2S/c1-7(2)13-9-4-5-10(8(3)11)12-6-9/h4-8H,11H2,1-3H3/t8-/m0/s1. The smallest absolute Gasteiger partial charge is 0.0569 e. The molecule has 0 aromatic carbocycles. The zero-order valence-electron chi connectivity index (χ0n) is 8.32. The molecule has 1 rings (SSSR count). The molecule has 0 bridgehead atoms. The van der Waals surface area contributed by atoms with Crippen LogP contribution in [0.5, 0.6) is 0 Å². The van der Waals surface area contributed by atoms with E-state index in [0.717, 1.165) is 5.69 Å². The maximum Gasteiger partial charge on any atom is 0.0569 e. The SMILES string of the molecule is CC(C)Sc1ccc([C@H](C)N)nc1. The van der Waals surface area contributed by atoms with Crippen LogP contribution in [0.4, 0.5) is 0 Å². The Morgan fingerprint density at radius 3 is 2.38 bits per heavy atom. The molecule has 1 heterocycles. The number of hydrogen-bond acceptors (Lipinski definition) is 3. The average molecular weight is 196 g/mol. The second kappa shape index (κ2) is 4.63. The maximum absolute atomic E-state index is 5.70. The van der Waals surface area contributed by atoms with Crippen LogP contribution in [0.25, 0.3) is 0 Å². The molecule has 2 N–H and O–H groups in total. The van der Waals surface area contributed by atoms with E-state index in [1.807, 2.05) is 30.9 Å². The third-order valence-electron chi connectivity index (χ3n) is 1.60. The van der Waals surface area contributed by atoms with Crippen molar-refractivity contribution < 1.29 is 0 Å². The average Bonchev–Trinajstić information content (AvgIpc) is 2.04. The number of nitrogens with two attached hydrogens (primary N) is 1. The van der Waals surface area contributed by atoms with Crippen molar-refractivity contribution in [3.63, 3.8) is 0 Å². The van der Waals surface area contributed by atoms with E-state index in [-0.39, 0.29) is 6.04 Å². The second-order valence-electron chi connectivity index (χ2n) is 3.37. The van der Waals surface area contributed by atoms with Crippen LogP contribution in [0.2, 0.25) is 0 Å². The number of rotatable bonds is 3. The summed E-state index contributed by atoms with van der Waals surface area (Å²) in [5, 5.41) is 0.600. The Morgan fingerprint density at radius 1 is 1.31 bits per heavy atom. The first-order valence-electron chi connectivity index (χ1n) is 4.48. The molecule has 0 aliphatic rings. The van der Waals surface area contributed by atoms with Gasteiger partial charge in [-0.05, 0) is 19.1 Å². The third kappa shape index (κ3) is 3.36. The first kappa shape index (κ1) is 10.5. The van der Waals surface area contributed by atoms with Gasteiger partial charge in [0, 0.05) is 22.4 Å². The first-order valence-corrected chi connectivity index (χ1v) is 5.35. The van der Waals surface area contributed by atoms with Crippen LogP contribution in [0.15, 0.2) is 23.2 Å². The van der Waals surface area contributed by atoms with Gasteiger partial charge in [-0.25, -0.2) is 0 Å². The highest BCUT2D eigenvalue weighted by atomic mass is 32.2. The molecule has 0 amide bonds. The summed E-state index contributed by atoms with van der Waals surface area (Å²) in [7, 11) is 0. The summed E-state index contributed by atoms with van der Waals surface area (Å²) in [5.74, 6) is 0. The molecule has 0 fully saturated rings. The van der Waals surface area contributed by atoms with Gasteiger partial charge in [-0.2, -0.15) is 0 Å². The molecule has 13 heavy (non-hydrogen) atoms. The molecule has 0 saturated heterocycles. The van der Waals surface area contributed by atoms with Crippen molar-refractivity contribution in [2.75, 3.05) is 0 Å². The topological polar surface area (TPSA) is 38.9 Å². The van der Waals surface area contributed by atoms with Gasteiger partial charge in [0.1, 0.15) is 0 Å². The molecule has 3 heteroatoms. The van der Waals surface area contributed by atoms with Gasteiger partial charge in [0.05, 0.1) is 5.69 Å².